The lowest BCUT2D eigenvalue weighted by atomic mass is 10.1. The number of nitrogens with two attached hydrogens (primary N) is 1. The second-order valence-corrected chi connectivity index (χ2v) is 4.72. The lowest BCUT2D eigenvalue weighted by molar-refractivity contribution is -0.137. The van der Waals surface area contributed by atoms with Crippen LogP contribution in [0.1, 0.15) is 71.6 Å². The van der Waals surface area contributed by atoms with Crippen LogP contribution in [0, 0.1) is 0 Å². The number of rotatable bonds is 11. The monoisotopic (exact) mass is 255 g/mol. The molecule has 0 aromatic rings. The van der Waals surface area contributed by atoms with Crippen molar-refractivity contribution in [3.05, 3.63) is 11.8 Å². The molecule has 0 heterocycles. The molecule has 0 rings (SSSR count). The van der Waals surface area contributed by atoms with Crippen LogP contribution in [0.2, 0.25) is 0 Å². The van der Waals surface area contributed by atoms with Crippen LogP contribution in [0.3, 0.4) is 0 Å². The fourth-order valence-electron chi connectivity index (χ4n) is 1.70. The van der Waals surface area contributed by atoms with Crippen molar-refractivity contribution in [2.75, 3.05) is 6.61 Å². The summed E-state index contributed by atoms with van der Waals surface area (Å²) in [4.78, 5) is 11.2. The van der Waals surface area contributed by atoms with Gasteiger partial charge in [-0.25, -0.2) is 4.79 Å². The van der Waals surface area contributed by atoms with Crippen LogP contribution >= 0.6 is 0 Å². The fraction of sp³-hybridized carbons (Fsp3) is 0.800. The Bertz CT molecular complexity index is 237. The Hall–Kier alpha value is -0.990. The molecule has 3 nitrogen and oxygen atoms in total. The topological polar surface area (TPSA) is 52.3 Å². The van der Waals surface area contributed by atoms with Crippen LogP contribution in [-0.2, 0) is 9.53 Å². The third kappa shape index (κ3) is 11.5. The molecule has 2 N–H and O–H groups in total. The van der Waals surface area contributed by atoms with Gasteiger partial charge in [-0.1, -0.05) is 58.8 Å². The molecule has 0 fully saturated rings. The van der Waals surface area contributed by atoms with Gasteiger partial charge in [-0.15, -0.1) is 0 Å². The summed E-state index contributed by atoms with van der Waals surface area (Å²) in [5.41, 5.74) is 6.12. The van der Waals surface area contributed by atoms with Gasteiger partial charge in [0.25, 0.3) is 0 Å². The van der Waals surface area contributed by atoms with Gasteiger partial charge in [-0.3, -0.25) is 0 Å². The molecule has 3 heteroatoms. The number of esters is 1. The smallest absolute Gasteiger partial charge is 0.332 e. The Morgan fingerprint density at radius 2 is 1.56 bits per heavy atom. The van der Waals surface area contributed by atoms with E-state index in [1.165, 1.54) is 44.6 Å². The normalized spacial score (nSPS) is 11.6. The molecule has 0 spiro atoms. The van der Waals surface area contributed by atoms with Crippen LogP contribution < -0.4 is 5.73 Å². The summed E-state index contributed by atoms with van der Waals surface area (Å²) in [7, 11) is 0. The quantitative estimate of drug-likeness (QED) is 0.346. The number of carbonyl (C=O) groups is 1. The highest BCUT2D eigenvalue weighted by Crippen LogP contribution is 2.08. The van der Waals surface area contributed by atoms with Crippen molar-refractivity contribution in [2.45, 2.75) is 71.6 Å². The van der Waals surface area contributed by atoms with Gasteiger partial charge in [0.1, 0.15) is 0 Å². The second-order valence-electron chi connectivity index (χ2n) is 4.72. The first-order valence-electron chi connectivity index (χ1n) is 7.33. The van der Waals surface area contributed by atoms with E-state index in [9.17, 15) is 4.79 Å². The highest BCUT2D eigenvalue weighted by Gasteiger charge is 1.99. The molecule has 0 aliphatic rings. The van der Waals surface area contributed by atoms with Crippen molar-refractivity contribution in [3.8, 4) is 0 Å². The molecule has 0 saturated heterocycles. The fourth-order valence-corrected chi connectivity index (χ4v) is 1.70. The Labute approximate surface area is 112 Å². The van der Waals surface area contributed by atoms with Crippen molar-refractivity contribution in [2.24, 2.45) is 5.73 Å². The molecule has 0 amide bonds. The predicted octanol–water partition coefficient (Wildman–Crippen LogP) is 3.92. The molecular formula is C15H29NO2. The summed E-state index contributed by atoms with van der Waals surface area (Å²) in [5.74, 6) is -0.308. The molecule has 106 valence electrons. The van der Waals surface area contributed by atoms with Crippen molar-refractivity contribution in [3.63, 3.8) is 0 Å². The highest BCUT2D eigenvalue weighted by molar-refractivity contribution is 5.82. The van der Waals surface area contributed by atoms with E-state index in [0.717, 1.165) is 12.8 Å². The molecular weight excluding hydrogens is 226 g/mol. The molecule has 0 atom stereocenters. The summed E-state index contributed by atoms with van der Waals surface area (Å²) in [6, 6.07) is 0. The van der Waals surface area contributed by atoms with E-state index < -0.39 is 0 Å². The van der Waals surface area contributed by atoms with Gasteiger partial charge in [0.15, 0.2) is 0 Å². The van der Waals surface area contributed by atoms with Gasteiger partial charge in [-0.05, 0) is 12.8 Å². The number of allylic oxidation sites excluding steroid dienone is 1. The number of unbranched alkanes of at least 4 members (excludes halogenated alkanes) is 7. The van der Waals surface area contributed by atoms with Crippen LogP contribution in [0.25, 0.3) is 0 Å². The van der Waals surface area contributed by atoms with Gasteiger partial charge in [0, 0.05) is 11.8 Å². The largest absolute Gasteiger partial charge is 0.462 e. The third-order valence-corrected chi connectivity index (χ3v) is 2.95. The maximum absolute atomic E-state index is 11.2. The first-order chi connectivity index (χ1) is 8.70. The van der Waals surface area contributed by atoms with Gasteiger partial charge >= 0.3 is 5.97 Å². The SMILES string of the molecule is CCCCCCCCCCOC(=O)/C=C(/N)CC. The zero-order valence-corrected chi connectivity index (χ0v) is 12.0. The molecule has 18 heavy (non-hydrogen) atoms. The maximum Gasteiger partial charge on any atom is 0.332 e. The average Bonchev–Trinajstić information content (AvgIpc) is 2.36. The van der Waals surface area contributed by atoms with Gasteiger partial charge in [0.2, 0.25) is 0 Å². The molecule has 0 aliphatic carbocycles. The minimum Gasteiger partial charge on any atom is -0.462 e. The maximum atomic E-state index is 11.2. The average molecular weight is 255 g/mol. The third-order valence-electron chi connectivity index (χ3n) is 2.95. The number of hydrogen-bond donors (Lipinski definition) is 1. The molecule has 0 aromatic carbocycles. The van der Waals surface area contributed by atoms with E-state index >= 15 is 0 Å². The van der Waals surface area contributed by atoms with Crippen molar-refractivity contribution in [1.29, 1.82) is 0 Å². The number of carbonyl (C=O) groups excluding carboxylic acids is 1. The van der Waals surface area contributed by atoms with Gasteiger partial charge in [-0.2, -0.15) is 0 Å². The standard InChI is InChI=1S/C15H29NO2/c1-3-5-6-7-8-9-10-11-12-18-15(17)13-14(16)4-2/h13H,3-12,16H2,1-2H3/b14-13+. The van der Waals surface area contributed by atoms with Crippen molar-refractivity contribution < 1.29 is 9.53 Å². The van der Waals surface area contributed by atoms with Crippen molar-refractivity contribution >= 4 is 5.97 Å². The molecule has 0 bridgehead atoms. The lowest BCUT2D eigenvalue weighted by Crippen LogP contribution is -2.06. The summed E-state index contributed by atoms with van der Waals surface area (Å²) < 4.78 is 5.06. The summed E-state index contributed by atoms with van der Waals surface area (Å²) in [6.07, 6.45) is 12.1. The minimum absolute atomic E-state index is 0.308. The molecule has 0 unspecified atom stereocenters. The van der Waals surface area contributed by atoms with Gasteiger partial charge < -0.3 is 10.5 Å². The van der Waals surface area contributed by atoms with E-state index in [0.29, 0.717) is 18.7 Å². The van der Waals surface area contributed by atoms with Crippen molar-refractivity contribution in [1.82, 2.24) is 0 Å². The van der Waals surface area contributed by atoms with Crippen LogP contribution in [-0.4, -0.2) is 12.6 Å². The minimum atomic E-state index is -0.308. The summed E-state index contributed by atoms with van der Waals surface area (Å²) in [5, 5.41) is 0. The second kappa shape index (κ2) is 12.5. The molecule has 0 aromatic heterocycles. The number of hydrogen-bond acceptors (Lipinski definition) is 3. The van der Waals surface area contributed by atoms with Crippen LogP contribution in [0.5, 0.6) is 0 Å². The Balaban J connectivity index is 3.28. The lowest BCUT2D eigenvalue weighted by Gasteiger charge is -2.03. The molecule has 0 radical (unpaired) electrons. The Kier molecular flexibility index (Phi) is 11.8. The van der Waals surface area contributed by atoms with Crippen LogP contribution in [0.15, 0.2) is 11.8 Å². The molecule has 0 saturated carbocycles. The zero-order chi connectivity index (χ0) is 13.6. The summed E-state index contributed by atoms with van der Waals surface area (Å²) in [6.45, 7) is 4.66. The van der Waals surface area contributed by atoms with E-state index in [2.05, 4.69) is 6.92 Å². The van der Waals surface area contributed by atoms with E-state index in [1.54, 1.807) is 0 Å². The first-order valence-corrected chi connectivity index (χ1v) is 7.33. The Morgan fingerprint density at radius 3 is 2.11 bits per heavy atom. The van der Waals surface area contributed by atoms with Gasteiger partial charge in [0.05, 0.1) is 6.61 Å². The van der Waals surface area contributed by atoms with E-state index in [-0.39, 0.29) is 5.97 Å². The van der Waals surface area contributed by atoms with E-state index in [1.807, 2.05) is 6.92 Å². The van der Waals surface area contributed by atoms with Crippen LogP contribution in [0.4, 0.5) is 0 Å². The zero-order valence-electron chi connectivity index (χ0n) is 12.0. The summed E-state index contributed by atoms with van der Waals surface area (Å²) >= 11 is 0. The predicted molar refractivity (Wildman–Crippen MR) is 76.1 cm³/mol. The molecule has 0 aliphatic heterocycles. The van der Waals surface area contributed by atoms with E-state index in [4.69, 9.17) is 10.5 Å². The Morgan fingerprint density at radius 1 is 1.00 bits per heavy atom. The highest BCUT2D eigenvalue weighted by atomic mass is 16.5. The first kappa shape index (κ1) is 17.0. The number of ether oxygens (including phenoxy) is 1.